The van der Waals surface area contributed by atoms with Crippen LogP contribution in [-0.2, 0) is 9.53 Å². The predicted molar refractivity (Wildman–Crippen MR) is 144 cm³/mol. The summed E-state index contributed by atoms with van der Waals surface area (Å²) >= 11 is 5.56. The second-order valence-electron chi connectivity index (χ2n) is 9.06. The molecule has 35 heavy (non-hydrogen) atoms. The van der Waals surface area contributed by atoms with Gasteiger partial charge in [0.1, 0.15) is 0 Å². The Balaban J connectivity index is 1.82. The van der Waals surface area contributed by atoms with E-state index in [1.807, 2.05) is 75.1 Å². The van der Waals surface area contributed by atoms with Crippen molar-refractivity contribution >= 4 is 40.7 Å². The van der Waals surface area contributed by atoms with Gasteiger partial charge in [0.25, 0.3) is 0 Å². The number of nitrogens with one attached hydrogen (secondary N) is 3. The molecule has 0 bridgehead atoms. The maximum atomic E-state index is 13.0. The first-order valence-corrected chi connectivity index (χ1v) is 12.3. The van der Waals surface area contributed by atoms with Gasteiger partial charge in [-0.3, -0.25) is 0 Å². The quantitative estimate of drug-likeness (QED) is 0.327. The maximum absolute atomic E-state index is 13.0. The lowest BCUT2D eigenvalue weighted by atomic mass is 9.94. The molecule has 0 fully saturated rings. The van der Waals surface area contributed by atoms with Gasteiger partial charge in [-0.1, -0.05) is 38.1 Å². The fourth-order valence-corrected chi connectivity index (χ4v) is 4.38. The Morgan fingerprint density at radius 3 is 2.31 bits per heavy atom. The molecule has 1 heterocycles. The van der Waals surface area contributed by atoms with E-state index in [1.54, 1.807) is 6.07 Å². The summed E-state index contributed by atoms with van der Waals surface area (Å²) in [6.07, 6.45) is -0.251. The number of hydrogen-bond donors (Lipinski definition) is 3. The molecule has 7 nitrogen and oxygen atoms in total. The molecule has 1 aliphatic heterocycles. The first-order chi connectivity index (χ1) is 16.6. The van der Waals surface area contributed by atoms with E-state index in [9.17, 15) is 9.59 Å². The van der Waals surface area contributed by atoms with Crippen molar-refractivity contribution in [3.8, 4) is 0 Å². The topological polar surface area (TPSA) is 82.7 Å². The van der Waals surface area contributed by atoms with Gasteiger partial charge in [-0.2, -0.15) is 0 Å². The number of hydrogen-bond acceptors (Lipinski definition) is 4. The Morgan fingerprint density at radius 2 is 1.71 bits per heavy atom. The fourth-order valence-electron chi connectivity index (χ4n) is 3.99. The standard InChI is InChI=1S/C27H34N4O3S/c1-7-31-18(6)23(25(32)34-17(4)5)24(30-27(31)35)20-9-8-10-22(15-20)29-26(33)28-21-13-11-19(12-14-21)16(2)3/h8-17,24H,7H2,1-6H3,(H,30,35)(H2,28,29,33)/t24-/m1/s1. The van der Waals surface area contributed by atoms with Gasteiger partial charge in [-0.25, -0.2) is 9.59 Å². The van der Waals surface area contributed by atoms with Crippen LogP contribution in [0.1, 0.15) is 64.6 Å². The summed E-state index contributed by atoms with van der Waals surface area (Å²) in [4.78, 5) is 27.5. The number of nitrogens with zero attached hydrogens (tertiary/aromatic N) is 1. The second-order valence-corrected chi connectivity index (χ2v) is 9.45. The molecule has 0 unspecified atom stereocenters. The average Bonchev–Trinajstić information content (AvgIpc) is 2.78. The van der Waals surface area contributed by atoms with Crippen LogP contribution in [0.15, 0.2) is 59.8 Å². The number of rotatable bonds is 7. The van der Waals surface area contributed by atoms with E-state index in [1.165, 1.54) is 5.56 Å². The van der Waals surface area contributed by atoms with Gasteiger partial charge in [-0.05, 0) is 81.2 Å². The summed E-state index contributed by atoms with van der Waals surface area (Å²) in [6, 6.07) is 14.3. The minimum atomic E-state index is -0.495. The number of amides is 2. The van der Waals surface area contributed by atoms with Crippen LogP contribution in [0, 0.1) is 0 Å². The van der Waals surface area contributed by atoms with Crippen LogP contribution >= 0.6 is 12.2 Å². The van der Waals surface area contributed by atoms with Crippen LogP contribution in [-0.4, -0.2) is 34.7 Å². The number of carbonyl (C=O) groups excluding carboxylic acids is 2. The van der Waals surface area contributed by atoms with E-state index >= 15 is 0 Å². The summed E-state index contributed by atoms with van der Waals surface area (Å²) in [5, 5.41) is 9.54. The third-order valence-electron chi connectivity index (χ3n) is 5.79. The minimum absolute atomic E-state index is 0.251. The third-order valence-corrected chi connectivity index (χ3v) is 6.13. The highest BCUT2D eigenvalue weighted by Gasteiger charge is 2.34. The van der Waals surface area contributed by atoms with Crippen molar-refractivity contribution < 1.29 is 14.3 Å². The maximum Gasteiger partial charge on any atom is 0.338 e. The Bertz CT molecular complexity index is 1130. The number of allylic oxidation sites excluding steroid dienone is 1. The number of anilines is 2. The van der Waals surface area contributed by atoms with Gasteiger partial charge in [0.05, 0.1) is 17.7 Å². The molecule has 0 spiro atoms. The number of urea groups is 1. The van der Waals surface area contributed by atoms with Gasteiger partial charge in [0.2, 0.25) is 0 Å². The molecule has 186 valence electrons. The van der Waals surface area contributed by atoms with E-state index in [-0.39, 0.29) is 12.1 Å². The molecule has 2 amide bonds. The van der Waals surface area contributed by atoms with Crippen LogP contribution in [0.2, 0.25) is 0 Å². The van der Waals surface area contributed by atoms with Crippen molar-refractivity contribution in [1.82, 2.24) is 10.2 Å². The molecule has 1 atom stereocenters. The van der Waals surface area contributed by atoms with Gasteiger partial charge in [0, 0.05) is 23.6 Å². The Labute approximate surface area is 212 Å². The molecular formula is C27H34N4O3S. The summed E-state index contributed by atoms with van der Waals surface area (Å²) in [5.74, 6) is 0.0311. The summed E-state index contributed by atoms with van der Waals surface area (Å²) in [5.41, 5.74) is 4.56. The molecule has 0 saturated heterocycles. The summed E-state index contributed by atoms with van der Waals surface area (Å²) in [6.45, 7) is 12.4. The zero-order chi connectivity index (χ0) is 25.7. The fraction of sp³-hybridized carbons (Fsp3) is 0.370. The molecular weight excluding hydrogens is 460 g/mol. The largest absolute Gasteiger partial charge is 0.459 e. The van der Waals surface area contributed by atoms with Crippen molar-refractivity contribution in [2.45, 2.75) is 59.6 Å². The molecule has 0 aromatic heterocycles. The number of ether oxygens (including phenoxy) is 1. The van der Waals surface area contributed by atoms with Gasteiger partial charge in [-0.15, -0.1) is 0 Å². The molecule has 1 aliphatic rings. The summed E-state index contributed by atoms with van der Waals surface area (Å²) in [7, 11) is 0. The van der Waals surface area contributed by atoms with Crippen LogP contribution in [0.4, 0.5) is 16.2 Å². The van der Waals surface area contributed by atoms with Crippen molar-refractivity contribution in [2.75, 3.05) is 17.2 Å². The van der Waals surface area contributed by atoms with E-state index in [0.717, 1.165) is 11.3 Å². The monoisotopic (exact) mass is 494 g/mol. The van der Waals surface area contributed by atoms with E-state index in [4.69, 9.17) is 17.0 Å². The van der Waals surface area contributed by atoms with Crippen LogP contribution < -0.4 is 16.0 Å². The van der Waals surface area contributed by atoms with Crippen LogP contribution in [0.5, 0.6) is 0 Å². The second kappa shape index (κ2) is 11.4. The first kappa shape index (κ1) is 26.2. The molecule has 8 heteroatoms. The average molecular weight is 495 g/mol. The Hall–Kier alpha value is -3.39. The van der Waals surface area contributed by atoms with E-state index in [2.05, 4.69) is 29.8 Å². The van der Waals surface area contributed by atoms with Gasteiger partial charge >= 0.3 is 12.0 Å². The van der Waals surface area contributed by atoms with Crippen LogP contribution in [0.3, 0.4) is 0 Å². The molecule has 2 aromatic carbocycles. The normalized spacial score (nSPS) is 15.8. The number of carbonyl (C=O) groups is 2. The van der Waals surface area contributed by atoms with Crippen molar-refractivity contribution in [2.24, 2.45) is 0 Å². The Kier molecular flexibility index (Phi) is 8.51. The van der Waals surface area contributed by atoms with E-state index in [0.29, 0.717) is 34.5 Å². The number of esters is 1. The first-order valence-electron chi connectivity index (χ1n) is 11.9. The SMILES string of the molecule is CCN1C(=S)N[C@H](c2cccc(NC(=O)Nc3ccc(C(C)C)cc3)c2)C(C(=O)OC(C)C)=C1C. The van der Waals surface area contributed by atoms with Crippen molar-refractivity contribution in [1.29, 1.82) is 0 Å². The molecule has 0 saturated carbocycles. The van der Waals surface area contributed by atoms with Gasteiger partial charge < -0.3 is 25.6 Å². The zero-order valence-electron chi connectivity index (χ0n) is 21.1. The Morgan fingerprint density at radius 1 is 1.06 bits per heavy atom. The number of thiocarbonyl (C=S) groups is 1. The smallest absolute Gasteiger partial charge is 0.338 e. The van der Waals surface area contributed by atoms with Crippen molar-refractivity contribution in [3.63, 3.8) is 0 Å². The van der Waals surface area contributed by atoms with Crippen LogP contribution in [0.25, 0.3) is 0 Å². The highest BCUT2D eigenvalue weighted by molar-refractivity contribution is 7.80. The highest BCUT2D eigenvalue weighted by Crippen LogP contribution is 2.32. The number of benzene rings is 2. The minimum Gasteiger partial charge on any atom is -0.459 e. The molecule has 0 radical (unpaired) electrons. The predicted octanol–water partition coefficient (Wildman–Crippen LogP) is 5.93. The molecule has 3 rings (SSSR count). The lowest BCUT2D eigenvalue weighted by Crippen LogP contribution is -2.47. The lowest BCUT2D eigenvalue weighted by molar-refractivity contribution is -0.143. The molecule has 3 N–H and O–H groups in total. The van der Waals surface area contributed by atoms with E-state index < -0.39 is 12.0 Å². The molecule has 2 aromatic rings. The third kappa shape index (κ3) is 6.39. The summed E-state index contributed by atoms with van der Waals surface area (Å²) < 4.78 is 5.54. The highest BCUT2D eigenvalue weighted by atomic mass is 32.1. The zero-order valence-corrected chi connectivity index (χ0v) is 22.0. The van der Waals surface area contributed by atoms with Gasteiger partial charge in [0.15, 0.2) is 5.11 Å². The molecule has 0 aliphatic carbocycles. The van der Waals surface area contributed by atoms with Crippen molar-refractivity contribution in [3.05, 3.63) is 70.9 Å². The lowest BCUT2D eigenvalue weighted by Gasteiger charge is -2.37.